The average Bonchev–Trinajstić information content (AvgIpc) is 3.03. The number of aromatic nitrogens is 2. The van der Waals surface area contributed by atoms with E-state index < -0.39 is 0 Å². The molecule has 0 amide bonds. The zero-order valence-corrected chi connectivity index (χ0v) is 15.1. The minimum absolute atomic E-state index is 0.191. The fourth-order valence-corrected chi connectivity index (χ4v) is 2.68. The highest BCUT2D eigenvalue weighted by molar-refractivity contribution is 5.91. The van der Waals surface area contributed by atoms with E-state index in [9.17, 15) is 10.5 Å². The Morgan fingerprint density at radius 3 is 2.30 bits per heavy atom. The summed E-state index contributed by atoms with van der Waals surface area (Å²) in [7, 11) is 3.92. The number of benzene rings is 2. The molecule has 0 saturated carbocycles. The molecule has 0 unspecified atom stereocenters. The highest BCUT2D eigenvalue weighted by Gasteiger charge is 2.19. The Bertz CT molecular complexity index is 1060. The summed E-state index contributed by atoms with van der Waals surface area (Å²) in [4.78, 5) is 1.99. The van der Waals surface area contributed by atoms with Gasteiger partial charge in [-0.3, -0.25) is 0 Å². The molecule has 6 heteroatoms. The summed E-state index contributed by atoms with van der Waals surface area (Å²) < 4.78 is 1.48. The second-order valence-electron chi connectivity index (χ2n) is 6.12. The maximum atomic E-state index is 9.65. The maximum Gasteiger partial charge on any atom is 0.145 e. The molecule has 132 valence electrons. The van der Waals surface area contributed by atoms with E-state index in [0.29, 0.717) is 0 Å². The van der Waals surface area contributed by atoms with Crippen LogP contribution in [0.5, 0.6) is 0 Å². The lowest BCUT2D eigenvalue weighted by Gasteiger charge is -2.11. The van der Waals surface area contributed by atoms with E-state index in [2.05, 4.69) is 17.2 Å². The van der Waals surface area contributed by atoms with Crippen molar-refractivity contribution >= 4 is 23.2 Å². The monoisotopic (exact) mass is 354 g/mol. The van der Waals surface area contributed by atoms with Gasteiger partial charge in [-0.1, -0.05) is 30.3 Å². The molecule has 2 N–H and O–H groups in total. The van der Waals surface area contributed by atoms with Crippen LogP contribution in [0.15, 0.2) is 54.6 Å². The Morgan fingerprint density at radius 2 is 1.74 bits per heavy atom. The molecule has 1 heterocycles. The predicted molar refractivity (Wildman–Crippen MR) is 107 cm³/mol. The number of allylic oxidation sites excluding steroid dienone is 1. The third-order valence-electron chi connectivity index (χ3n) is 4.13. The van der Waals surface area contributed by atoms with E-state index in [1.165, 1.54) is 4.68 Å². The minimum atomic E-state index is 0.191. The van der Waals surface area contributed by atoms with Crippen molar-refractivity contribution in [2.24, 2.45) is 0 Å². The van der Waals surface area contributed by atoms with Crippen LogP contribution in [0, 0.1) is 22.7 Å². The molecule has 27 heavy (non-hydrogen) atoms. The van der Waals surface area contributed by atoms with Crippen LogP contribution >= 0.6 is 0 Å². The van der Waals surface area contributed by atoms with Crippen LogP contribution in [0.1, 0.15) is 16.8 Å². The summed E-state index contributed by atoms with van der Waals surface area (Å²) in [6.45, 7) is 0. The van der Waals surface area contributed by atoms with Crippen LogP contribution in [-0.2, 0) is 0 Å². The van der Waals surface area contributed by atoms with Crippen molar-refractivity contribution in [3.05, 3.63) is 71.4 Å². The standard InChI is InChI=1S/C21H18N6/c1-26(2)17-10-8-15(9-11-17)12-16(13-22)20-19(14-23)21(24)27(25-20)18-6-4-3-5-7-18/h3-12H,24H2,1-2H3/b16-12+. The van der Waals surface area contributed by atoms with E-state index in [1.54, 1.807) is 6.08 Å². The highest BCUT2D eigenvalue weighted by Crippen LogP contribution is 2.27. The normalized spacial score (nSPS) is 10.9. The van der Waals surface area contributed by atoms with Gasteiger partial charge in [0, 0.05) is 19.8 Å². The lowest BCUT2D eigenvalue weighted by molar-refractivity contribution is 0.885. The first kappa shape index (κ1) is 17.8. The van der Waals surface area contributed by atoms with Gasteiger partial charge in [-0.15, -0.1) is 0 Å². The van der Waals surface area contributed by atoms with Gasteiger partial charge in [0.15, 0.2) is 0 Å². The minimum Gasteiger partial charge on any atom is -0.382 e. The summed E-state index contributed by atoms with van der Waals surface area (Å²) >= 11 is 0. The van der Waals surface area contributed by atoms with Gasteiger partial charge >= 0.3 is 0 Å². The number of nitrogen functional groups attached to an aromatic ring is 1. The smallest absolute Gasteiger partial charge is 0.145 e. The fourth-order valence-electron chi connectivity index (χ4n) is 2.68. The molecule has 0 atom stereocenters. The average molecular weight is 354 g/mol. The number of hydrogen-bond donors (Lipinski definition) is 1. The van der Waals surface area contributed by atoms with Gasteiger partial charge in [0.2, 0.25) is 0 Å². The van der Waals surface area contributed by atoms with E-state index in [4.69, 9.17) is 5.73 Å². The van der Waals surface area contributed by atoms with Gasteiger partial charge in [-0.05, 0) is 35.9 Å². The Kier molecular flexibility index (Phi) is 4.92. The van der Waals surface area contributed by atoms with Gasteiger partial charge in [-0.2, -0.15) is 15.6 Å². The summed E-state index contributed by atoms with van der Waals surface area (Å²) in [6.07, 6.45) is 1.71. The SMILES string of the molecule is CN(C)c1ccc(/C=C(\C#N)c2nn(-c3ccccc3)c(N)c2C#N)cc1. The topological polar surface area (TPSA) is 94.7 Å². The van der Waals surface area contributed by atoms with Crippen molar-refractivity contribution in [3.63, 3.8) is 0 Å². The number of anilines is 2. The molecule has 0 aliphatic carbocycles. The first-order valence-corrected chi connectivity index (χ1v) is 8.28. The van der Waals surface area contributed by atoms with E-state index in [1.807, 2.05) is 73.6 Å². The summed E-state index contributed by atoms with van der Waals surface area (Å²) in [5, 5.41) is 23.6. The molecule has 0 fully saturated rings. The van der Waals surface area contributed by atoms with E-state index >= 15 is 0 Å². The maximum absolute atomic E-state index is 9.65. The Labute approximate surface area is 158 Å². The van der Waals surface area contributed by atoms with Crippen molar-refractivity contribution in [3.8, 4) is 17.8 Å². The zero-order valence-electron chi connectivity index (χ0n) is 15.1. The molecule has 0 bridgehead atoms. The number of nitrogens with zero attached hydrogens (tertiary/aromatic N) is 5. The molecule has 3 aromatic rings. The number of nitrogens with two attached hydrogens (primary N) is 1. The van der Waals surface area contributed by atoms with Crippen LogP contribution in [0.2, 0.25) is 0 Å². The van der Waals surface area contributed by atoms with Crippen LogP contribution in [-0.4, -0.2) is 23.9 Å². The molecule has 0 radical (unpaired) electrons. The van der Waals surface area contributed by atoms with Gasteiger partial charge in [0.05, 0.1) is 11.3 Å². The van der Waals surface area contributed by atoms with Crippen molar-refractivity contribution in [2.45, 2.75) is 0 Å². The van der Waals surface area contributed by atoms with Crippen LogP contribution in [0.3, 0.4) is 0 Å². The van der Waals surface area contributed by atoms with Gasteiger partial charge in [0.1, 0.15) is 29.2 Å². The molecule has 3 rings (SSSR count). The van der Waals surface area contributed by atoms with Crippen LogP contribution in [0.25, 0.3) is 17.3 Å². The summed E-state index contributed by atoms with van der Waals surface area (Å²) in [6, 6.07) is 21.2. The van der Waals surface area contributed by atoms with Crippen molar-refractivity contribution in [2.75, 3.05) is 24.7 Å². The van der Waals surface area contributed by atoms with Gasteiger partial charge < -0.3 is 10.6 Å². The molecule has 0 aliphatic heterocycles. The van der Waals surface area contributed by atoms with E-state index in [0.717, 1.165) is 16.9 Å². The Morgan fingerprint density at radius 1 is 1.07 bits per heavy atom. The molecule has 2 aromatic carbocycles. The molecule has 0 spiro atoms. The second-order valence-corrected chi connectivity index (χ2v) is 6.12. The van der Waals surface area contributed by atoms with Gasteiger partial charge in [0.25, 0.3) is 0 Å². The molecule has 0 saturated heterocycles. The molecular formula is C21H18N6. The molecular weight excluding hydrogens is 336 g/mol. The predicted octanol–water partition coefficient (Wildman–Crippen LogP) is 3.46. The first-order valence-electron chi connectivity index (χ1n) is 8.28. The Balaban J connectivity index is 2.08. The number of nitriles is 2. The number of hydrogen-bond acceptors (Lipinski definition) is 5. The van der Waals surface area contributed by atoms with E-state index in [-0.39, 0.29) is 22.6 Å². The highest BCUT2D eigenvalue weighted by atomic mass is 15.3. The van der Waals surface area contributed by atoms with Crippen molar-refractivity contribution < 1.29 is 0 Å². The van der Waals surface area contributed by atoms with Gasteiger partial charge in [-0.25, -0.2) is 4.68 Å². The van der Waals surface area contributed by atoms with Crippen LogP contribution in [0.4, 0.5) is 11.5 Å². The lowest BCUT2D eigenvalue weighted by atomic mass is 10.1. The molecule has 0 aliphatic rings. The number of rotatable bonds is 4. The quantitative estimate of drug-likeness (QED) is 0.724. The summed E-state index contributed by atoms with van der Waals surface area (Å²) in [5.41, 5.74) is 9.50. The second kappa shape index (κ2) is 7.47. The van der Waals surface area contributed by atoms with Crippen molar-refractivity contribution in [1.82, 2.24) is 9.78 Å². The Hall–Kier alpha value is -4.03. The number of para-hydroxylation sites is 1. The molecule has 1 aromatic heterocycles. The fraction of sp³-hybridized carbons (Fsp3) is 0.0952. The zero-order chi connectivity index (χ0) is 19.4. The van der Waals surface area contributed by atoms with Crippen molar-refractivity contribution in [1.29, 1.82) is 10.5 Å². The van der Waals surface area contributed by atoms with Crippen LogP contribution < -0.4 is 10.6 Å². The largest absolute Gasteiger partial charge is 0.382 e. The third kappa shape index (κ3) is 3.51. The first-order chi connectivity index (χ1) is 13.0. The lowest BCUT2D eigenvalue weighted by Crippen LogP contribution is -2.07. The molecule has 6 nitrogen and oxygen atoms in total. The third-order valence-corrected chi connectivity index (χ3v) is 4.13. The summed E-state index contributed by atoms with van der Waals surface area (Å²) in [5.74, 6) is 0.211.